The van der Waals surface area contributed by atoms with Gasteiger partial charge in [-0.1, -0.05) is 35.5 Å². The molecule has 0 saturated carbocycles. The number of hydrogen-bond acceptors (Lipinski definition) is 4. The Morgan fingerprint density at radius 3 is 2.58 bits per heavy atom. The molecule has 0 bridgehead atoms. The average molecular weight is 351 g/mol. The van der Waals surface area contributed by atoms with Crippen molar-refractivity contribution in [3.63, 3.8) is 0 Å². The number of amides is 2. The Balaban J connectivity index is 1.92. The molecule has 0 aliphatic heterocycles. The maximum absolute atomic E-state index is 12.8. The van der Waals surface area contributed by atoms with Crippen molar-refractivity contribution in [2.45, 2.75) is 13.8 Å². The van der Waals surface area contributed by atoms with Crippen LogP contribution in [-0.4, -0.2) is 41.5 Å². The first-order chi connectivity index (χ1) is 12.6. The molecule has 6 nitrogen and oxygen atoms in total. The van der Waals surface area contributed by atoms with E-state index in [0.29, 0.717) is 29.9 Å². The van der Waals surface area contributed by atoms with Crippen molar-refractivity contribution < 1.29 is 14.1 Å². The fraction of sp³-hybridized carbons (Fsp3) is 0.250. The van der Waals surface area contributed by atoms with Crippen LogP contribution < -0.4 is 5.32 Å². The summed E-state index contributed by atoms with van der Waals surface area (Å²) in [7, 11) is 0. The maximum atomic E-state index is 12.8. The average Bonchev–Trinajstić information content (AvgIpc) is 3.09. The van der Waals surface area contributed by atoms with Gasteiger partial charge in [0.1, 0.15) is 5.52 Å². The van der Waals surface area contributed by atoms with Gasteiger partial charge >= 0.3 is 0 Å². The van der Waals surface area contributed by atoms with Crippen LogP contribution in [0.4, 0.5) is 0 Å². The van der Waals surface area contributed by atoms with Gasteiger partial charge in [-0.3, -0.25) is 9.59 Å². The van der Waals surface area contributed by atoms with Crippen molar-refractivity contribution in [1.82, 2.24) is 15.4 Å². The molecular weight excluding hydrogens is 330 g/mol. The summed E-state index contributed by atoms with van der Waals surface area (Å²) in [5.41, 5.74) is 2.09. The van der Waals surface area contributed by atoms with E-state index in [1.165, 1.54) is 4.90 Å². The van der Waals surface area contributed by atoms with Gasteiger partial charge < -0.3 is 14.7 Å². The zero-order valence-corrected chi connectivity index (χ0v) is 14.9. The number of hydrogen-bond donors (Lipinski definition) is 1. The number of carbonyl (C=O) groups excluding carboxylic acids is 2. The summed E-state index contributed by atoms with van der Waals surface area (Å²) in [5.74, 6) is 0.265. The molecule has 26 heavy (non-hydrogen) atoms. The summed E-state index contributed by atoms with van der Waals surface area (Å²) in [6, 6.07) is 14.9. The lowest BCUT2D eigenvalue weighted by atomic mass is 10.1. The molecule has 1 N–H and O–H groups in total. The van der Waals surface area contributed by atoms with Crippen molar-refractivity contribution in [3.8, 4) is 11.3 Å². The Morgan fingerprint density at radius 1 is 1.12 bits per heavy atom. The third kappa shape index (κ3) is 3.59. The minimum Gasteiger partial charge on any atom is -0.355 e. The van der Waals surface area contributed by atoms with Gasteiger partial charge in [-0.15, -0.1) is 0 Å². The molecule has 2 aromatic carbocycles. The SMILES string of the molecule is CCNC(=O)CN(CC)C(=O)c1ccc2noc(-c3ccccc3)c2c1. The predicted molar refractivity (Wildman–Crippen MR) is 99.7 cm³/mol. The van der Waals surface area contributed by atoms with E-state index in [9.17, 15) is 9.59 Å². The van der Waals surface area contributed by atoms with E-state index < -0.39 is 0 Å². The minimum atomic E-state index is -0.194. The summed E-state index contributed by atoms with van der Waals surface area (Å²) in [5, 5.41) is 7.56. The van der Waals surface area contributed by atoms with Crippen molar-refractivity contribution >= 4 is 22.7 Å². The second-order valence-electron chi connectivity index (χ2n) is 5.88. The van der Waals surface area contributed by atoms with Crippen molar-refractivity contribution in [1.29, 1.82) is 0 Å². The number of fused-ring (bicyclic) bond motifs is 1. The highest BCUT2D eigenvalue weighted by Crippen LogP contribution is 2.29. The van der Waals surface area contributed by atoms with Crippen LogP contribution in [-0.2, 0) is 4.79 Å². The lowest BCUT2D eigenvalue weighted by molar-refractivity contribution is -0.121. The first-order valence-electron chi connectivity index (χ1n) is 8.64. The first-order valence-corrected chi connectivity index (χ1v) is 8.64. The fourth-order valence-corrected chi connectivity index (χ4v) is 2.81. The Labute approximate surface area is 151 Å². The second-order valence-corrected chi connectivity index (χ2v) is 5.88. The Morgan fingerprint density at radius 2 is 1.88 bits per heavy atom. The molecule has 0 atom stereocenters. The quantitative estimate of drug-likeness (QED) is 0.740. The van der Waals surface area contributed by atoms with Crippen molar-refractivity contribution in [2.75, 3.05) is 19.6 Å². The number of aromatic nitrogens is 1. The Hall–Kier alpha value is -3.15. The van der Waals surface area contributed by atoms with Gasteiger partial charge in [0, 0.05) is 24.2 Å². The van der Waals surface area contributed by atoms with Crippen molar-refractivity contribution in [2.24, 2.45) is 0 Å². The number of rotatable bonds is 6. The Bertz CT molecular complexity index is 918. The number of nitrogens with one attached hydrogen (secondary N) is 1. The highest BCUT2D eigenvalue weighted by molar-refractivity contribution is 6.02. The summed E-state index contributed by atoms with van der Waals surface area (Å²) >= 11 is 0. The van der Waals surface area contributed by atoms with Crippen LogP contribution in [0.15, 0.2) is 53.1 Å². The molecule has 0 unspecified atom stereocenters. The van der Waals surface area contributed by atoms with Crippen LogP contribution >= 0.6 is 0 Å². The highest BCUT2D eigenvalue weighted by atomic mass is 16.5. The van der Waals surface area contributed by atoms with E-state index in [-0.39, 0.29) is 18.4 Å². The third-order valence-corrected chi connectivity index (χ3v) is 4.14. The standard InChI is InChI=1S/C20H21N3O3/c1-3-21-18(24)13-23(4-2)20(25)15-10-11-17-16(12-15)19(26-22-17)14-8-6-5-7-9-14/h5-12H,3-4,13H2,1-2H3,(H,21,24). The fourth-order valence-electron chi connectivity index (χ4n) is 2.81. The molecule has 1 aromatic heterocycles. The number of nitrogens with zero attached hydrogens (tertiary/aromatic N) is 2. The minimum absolute atomic E-state index is 0.0381. The van der Waals surface area contributed by atoms with Gasteiger partial charge in [0.2, 0.25) is 5.91 Å². The largest absolute Gasteiger partial charge is 0.355 e. The topological polar surface area (TPSA) is 75.4 Å². The van der Waals surface area contributed by atoms with Crippen LogP contribution in [0.1, 0.15) is 24.2 Å². The molecule has 0 saturated heterocycles. The number of benzene rings is 2. The molecule has 0 aliphatic carbocycles. The van der Waals surface area contributed by atoms with Crippen LogP contribution in [0.5, 0.6) is 0 Å². The molecule has 134 valence electrons. The van der Waals surface area contributed by atoms with Crippen LogP contribution in [0.3, 0.4) is 0 Å². The van der Waals surface area contributed by atoms with E-state index >= 15 is 0 Å². The lowest BCUT2D eigenvalue weighted by Crippen LogP contribution is -2.40. The lowest BCUT2D eigenvalue weighted by Gasteiger charge is -2.20. The molecule has 0 aliphatic rings. The molecule has 2 amide bonds. The predicted octanol–water partition coefficient (Wildman–Crippen LogP) is 3.09. The van der Waals surface area contributed by atoms with Crippen LogP contribution in [0, 0.1) is 0 Å². The van der Waals surface area contributed by atoms with Gasteiger partial charge in [-0.2, -0.15) is 0 Å². The van der Waals surface area contributed by atoms with Crippen LogP contribution in [0.2, 0.25) is 0 Å². The maximum Gasteiger partial charge on any atom is 0.254 e. The summed E-state index contributed by atoms with van der Waals surface area (Å²) in [4.78, 5) is 26.2. The van der Waals surface area contributed by atoms with Gasteiger partial charge in [0.05, 0.1) is 11.9 Å². The van der Waals surface area contributed by atoms with Crippen LogP contribution in [0.25, 0.3) is 22.2 Å². The van der Waals surface area contributed by atoms with E-state index in [2.05, 4.69) is 10.5 Å². The summed E-state index contributed by atoms with van der Waals surface area (Å²) in [6.07, 6.45) is 0. The molecule has 1 heterocycles. The van der Waals surface area contributed by atoms with Gasteiger partial charge in [-0.05, 0) is 32.0 Å². The smallest absolute Gasteiger partial charge is 0.254 e. The van der Waals surface area contributed by atoms with E-state index in [1.54, 1.807) is 18.2 Å². The summed E-state index contributed by atoms with van der Waals surface area (Å²) < 4.78 is 5.48. The number of likely N-dealkylation sites (N-methyl/N-ethyl adjacent to an activating group) is 2. The third-order valence-electron chi connectivity index (χ3n) is 4.14. The molecule has 0 radical (unpaired) electrons. The second kappa shape index (κ2) is 7.82. The van der Waals surface area contributed by atoms with Crippen molar-refractivity contribution in [3.05, 3.63) is 54.1 Å². The summed E-state index contributed by atoms with van der Waals surface area (Å²) in [6.45, 7) is 4.72. The molecule has 0 spiro atoms. The monoisotopic (exact) mass is 351 g/mol. The zero-order valence-electron chi connectivity index (χ0n) is 14.9. The molecule has 3 rings (SSSR count). The van der Waals surface area contributed by atoms with Gasteiger partial charge in [0.25, 0.3) is 5.91 Å². The molecule has 0 fully saturated rings. The highest BCUT2D eigenvalue weighted by Gasteiger charge is 2.19. The van der Waals surface area contributed by atoms with E-state index in [4.69, 9.17) is 4.52 Å². The van der Waals surface area contributed by atoms with Gasteiger partial charge in [0.15, 0.2) is 5.76 Å². The zero-order chi connectivity index (χ0) is 18.5. The normalized spacial score (nSPS) is 10.7. The molecule has 3 aromatic rings. The molecular formula is C20H21N3O3. The Kier molecular flexibility index (Phi) is 5.31. The van der Waals surface area contributed by atoms with Gasteiger partial charge in [-0.25, -0.2) is 0 Å². The first kappa shape index (κ1) is 17.7. The number of carbonyl (C=O) groups is 2. The van der Waals surface area contributed by atoms with E-state index in [1.807, 2.05) is 44.2 Å². The van der Waals surface area contributed by atoms with E-state index in [0.717, 1.165) is 10.9 Å². The molecule has 6 heteroatoms.